The molecule has 0 aliphatic rings. The molecule has 0 aliphatic carbocycles. The van der Waals surface area contributed by atoms with E-state index in [0.29, 0.717) is 13.0 Å². The molecule has 0 heterocycles. The molecule has 0 aliphatic heterocycles. The van der Waals surface area contributed by atoms with Gasteiger partial charge in [-0.1, -0.05) is 6.07 Å². The van der Waals surface area contributed by atoms with E-state index >= 15 is 0 Å². The van der Waals surface area contributed by atoms with Crippen molar-refractivity contribution < 1.29 is 9.53 Å². The molecule has 0 amide bonds. The first-order valence-electron chi connectivity index (χ1n) is 5.37. The Morgan fingerprint density at radius 2 is 2.00 bits per heavy atom. The van der Waals surface area contributed by atoms with Crippen LogP contribution in [-0.2, 0) is 4.79 Å². The van der Waals surface area contributed by atoms with Gasteiger partial charge in [0.2, 0.25) is 0 Å². The van der Waals surface area contributed by atoms with E-state index in [1.165, 1.54) is 11.1 Å². The van der Waals surface area contributed by atoms with E-state index in [1.807, 2.05) is 6.07 Å². The average Bonchev–Trinajstić information content (AvgIpc) is 2.23. The summed E-state index contributed by atoms with van der Waals surface area (Å²) in [6, 6.07) is 6.10. The van der Waals surface area contributed by atoms with Crippen molar-refractivity contribution in [2.24, 2.45) is 0 Å². The molecule has 0 aromatic heterocycles. The van der Waals surface area contributed by atoms with E-state index < -0.39 is 0 Å². The highest BCUT2D eigenvalue weighted by Gasteiger charge is 1.96. The zero-order valence-corrected chi connectivity index (χ0v) is 9.45. The highest BCUT2D eigenvalue weighted by Crippen LogP contribution is 2.16. The van der Waals surface area contributed by atoms with Gasteiger partial charge in [0, 0.05) is 6.42 Å². The predicted octanol–water partition coefficient (Wildman–Crippen LogP) is 3.05. The van der Waals surface area contributed by atoms with Gasteiger partial charge in [0.15, 0.2) is 0 Å². The van der Waals surface area contributed by atoms with Crippen LogP contribution in [0.1, 0.15) is 30.4 Å². The molecule has 0 saturated heterocycles. The lowest BCUT2D eigenvalue weighted by Crippen LogP contribution is -1.98. The number of benzene rings is 1. The second-order valence-corrected chi connectivity index (χ2v) is 3.76. The van der Waals surface area contributed by atoms with E-state index in [9.17, 15) is 4.79 Å². The van der Waals surface area contributed by atoms with Crippen LogP contribution in [0, 0.1) is 13.8 Å². The van der Waals surface area contributed by atoms with Gasteiger partial charge < -0.3 is 9.53 Å². The van der Waals surface area contributed by atoms with Crippen molar-refractivity contribution in [2.75, 3.05) is 6.61 Å². The highest BCUT2D eigenvalue weighted by molar-refractivity contribution is 5.48. The van der Waals surface area contributed by atoms with Crippen LogP contribution in [-0.4, -0.2) is 12.9 Å². The standard InChI is InChI=1S/C13H18O2/c1-11-6-7-13(10-12(11)2)15-9-5-3-4-8-14/h6-8,10H,3-5,9H2,1-2H3. The van der Waals surface area contributed by atoms with Gasteiger partial charge >= 0.3 is 0 Å². The summed E-state index contributed by atoms with van der Waals surface area (Å²) in [7, 11) is 0. The van der Waals surface area contributed by atoms with E-state index in [0.717, 1.165) is 24.9 Å². The van der Waals surface area contributed by atoms with Gasteiger partial charge in [-0.2, -0.15) is 0 Å². The number of aldehydes is 1. The SMILES string of the molecule is Cc1ccc(OCCCCC=O)cc1C. The second kappa shape index (κ2) is 6.23. The minimum atomic E-state index is 0.635. The Kier molecular flexibility index (Phi) is 4.88. The fraction of sp³-hybridized carbons (Fsp3) is 0.462. The van der Waals surface area contributed by atoms with Crippen LogP contribution in [0.25, 0.3) is 0 Å². The lowest BCUT2D eigenvalue weighted by Gasteiger charge is -2.07. The molecule has 2 nitrogen and oxygen atoms in total. The van der Waals surface area contributed by atoms with E-state index in [2.05, 4.69) is 26.0 Å². The molecule has 1 aromatic carbocycles. The lowest BCUT2D eigenvalue weighted by molar-refractivity contribution is -0.107. The molecule has 1 rings (SSSR count). The summed E-state index contributed by atoms with van der Waals surface area (Å²) in [5.74, 6) is 0.921. The van der Waals surface area contributed by atoms with E-state index in [-0.39, 0.29) is 0 Å². The van der Waals surface area contributed by atoms with Gasteiger partial charge in [-0.3, -0.25) is 0 Å². The number of carbonyl (C=O) groups excluding carboxylic acids is 1. The van der Waals surface area contributed by atoms with Crippen LogP contribution < -0.4 is 4.74 Å². The highest BCUT2D eigenvalue weighted by atomic mass is 16.5. The quantitative estimate of drug-likeness (QED) is 0.528. The maximum atomic E-state index is 10.1. The van der Waals surface area contributed by atoms with Crippen molar-refractivity contribution in [1.82, 2.24) is 0 Å². The summed E-state index contributed by atoms with van der Waals surface area (Å²) in [5, 5.41) is 0. The third-order valence-electron chi connectivity index (χ3n) is 2.46. The number of ether oxygens (including phenoxy) is 1. The summed E-state index contributed by atoms with van der Waals surface area (Å²) < 4.78 is 5.57. The largest absolute Gasteiger partial charge is 0.494 e. The number of carbonyl (C=O) groups is 1. The minimum Gasteiger partial charge on any atom is -0.494 e. The molecule has 0 fully saturated rings. The number of hydrogen-bond acceptors (Lipinski definition) is 2. The summed E-state index contributed by atoms with van der Waals surface area (Å²) in [4.78, 5) is 10.1. The third-order valence-corrected chi connectivity index (χ3v) is 2.46. The molecule has 15 heavy (non-hydrogen) atoms. The topological polar surface area (TPSA) is 26.3 Å². The zero-order valence-electron chi connectivity index (χ0n) is 9.45. The van der Waals surface area contributed by atoms with Crippen molar-refractivity contribution in [3.8, 4) is 5.75 Å². The Labute approximate surface area is 91.3 Å². The molecule has 0 saturated carbocycles. The Hall–Kier alpha value is -1.31. The zero-order chi connectivity index (χ0) is 11.1. The third kappa shape index (κ3) is 4.15. The van der Waals surface area contributed by atoms with E-state index in [4.69, 9.17) is 4.74 Å². The smallest absolute Gasteiger partial charge is 0.119 e. The van der Waals surface area contributed by atoms with Crippen LogP contribution in [0.15, 0.2) is 18.2 Å². The minimum absolute atomic E-state index is 0.635. The molecule has 0 N–H and O–H groups in total. The maximum absolute atomic E-state index is 10.1. The van der Waals surface area contributed by atoms with Gasteiger partial charge in [0.05, 0.1) is 6.61 Å². The van der Waals surface area contributed by atoms with Gasteiger partial charge in [0.1, 0.15) is 12.0 Å². The number of rotatable bonds is 6. The molecular weight excluding hydrogens is 188 g/mol. The van der Waals surface area contributed by atoms with Crippen molar-refractivity contribution in [3.05, 3.63) is 29.3 Å². The second-order valence-electron chi connectivity index (χ2n) is 3.76. The molecular formula is C13H18O2. The molecule has 0 bridgehead atoms. The van der Waals surface area contributed by atoms with Crippen LogP contribution in [0.3, 0.4) is 0 Å². The molecule has 0 radical (unpaired) electrons. The van der Waals surface area contributed by atoms with Crippen LogP contribution in [0.2, 0.25) is 0 Å². The summed E-state index contributed by atoms with van der Waals surface area (Å²) in [5.41, 5.74) is 2.53. The van der Waals surface area contributed by atoms with Crippen molar-refractivity contribution in [3.63, 3.8) is 0 Å². The molecule has 0 atom stereocenters. The summed E-state index contributed by atoms with van der Waals surface area (Å²) in [6.07, 6.45) is 3.44. The summed E-state index contributed by atoms with van der Waals surface area (Å²) in [6.45, 7) is 4.86. The van der Waals surface area contributed by atoms with Crippen molar-refractivity contribution in [1.29, 1.82) is 0 Å². The summed E-state index contributed by atoms with van der Waals surface area (Å²) >= 11 is 0. The Bertz CT molecular complexity index is 318. The Balaban J connectivity index is 2.31. The maximum Gasteiger partial charge on any atom is 0.119 e. The Morgan fingerprint density at radius 3 is 2.67 bits per heavy atom. The Morgan fingerprint density at radius 1 is 1.20 bits per heavy atom. The van der Waals surface area contributed by atoms with Gasteiger partial charge in [0.25, 0.3) is 0 Å². The van der Waals surface area contributed by atoms with Crippen LogP contribution in [0.4, 0.5) is 0 Å². The monoisotopic (exact) mass is 206 g/mol. The van der Waals surface area contributed by atoms with Crippen molar-refractivity contribution >= 4 is 6.29 Å². The molecule has 2 heteroatoms. The average molecular weight is 206 g/mol. The van der Waals surface area contributed by atoms with Gasteiger partial charge in [-0.05, 0) is 49.9 Å². The lowest BCUT2D eigenvalue weighted by atomic mass is 10.1. The predicted molar refractivity (Wildman–Crippen MR) is 61.3 cm³/mol. The molecule has 82 valence electrons. The number of unbranched alkanes of at least 4 members (excludes halogenated alkanes) is 2. The molecule has 0 unspecified atom stereocenters. The fourth-order valence-electron chi connectivity index (χ4n) is 1.32. The first-order chi connectivity index (χ1) is 7.24. The molecule has 1 aromatic rings. The number of aryl methyl sites for hydroxylation is 2. The van der Waals surface area contributed by atoms with Gasteiger partial charge in [-0.15, -0.1) is 0 Å². The fourth-order valence-corrected chi connectivity index (χ4v) is 1.32. The van der Waals surface area contributed by atoms with E-state index in [1.54, 1.807) is 0 Å². The normalized spacial score (nSPS) is 10.0. The molecule has 0 spiro atoms. The van der Waals surface area contributed by atoms with Crippen LogP contribution >= 0.6 is 0 Å². The first-order valence-corrected chi connectivity index (χ1v) is 5.37. The first kappa shape index (κ1) is 11.8. The van der Waals surface area contributed by atoms with Crippen molar-refractivity contribution in [2.45, 2.75) is 33.1 Å². The van der Waals surface area contributed by atoms with Gasteiger partial charge in [-0.25, -0.2) is 0 Å². The number of hydrogen-bond donors (Lipinski definition) is 0. The van der Waals surface area contributed by atoms with Crippen LogP contribution in [0.5, 0.6) is 5.75 Å².